The van der Waals surface area contributed by atoms with E-state index in [0.29, 0.717) is 24.7 Å². The maximum atomic E-state index is 5.87. The highest BCUT2D eigenvalue weighted by Gasteiger charge is 2.10. The molecule has 0 aliphatic rings. The molecule has 0 amide bonds. The van der Waals surface area contributed by atoms with Gasteiger partial charge in [0.15, 0.2) is 5.82 Å². The van der Waals surface area contributed by atoms with Crippen LogP contribution in [-0.2, 0) is 11.3 Å². The molecule has 102 valence electrons. The molecule has 0 radical (unpaired) electrons. The molecule has 0 aliphatic heterocycles. The first-order valence-corrected chi connectivity index (χ1v) is 6.80. The summed E-state index contributed by atoms with van der Waals surface area (Å²) in [5, 5.41) is 11.7. The molecule has 1 aromatic heterocycles. The van der Waals surface area contributed by atoms with Crippen LogP contribution in [0.1, 0.15) is 13.8 Å². The van der Waals surface area contributed by atoms with Crippen molar-refractivity contribution < 1.29 is 4.74 Å². The summed E-state index contributed by atoms with van der Waals surface area (Å²) in [6.45, 7) is 5.17. The largest absolute Gasteiger partial charge is 0.398 e. The van der Waals surface area contributed by atoms with Crippen LogP contribution in [-0.4, -0.2) is 32.9 Å². The van der Waals surface area contributed by atoms with Gasteiger partial charge in [0.25, 0.3) is 0 Å². The number of nitrogens with zero attached hydrogens (tertiary/aromatic N) is 4. The molecule has 0 saturated heterocycles. The maximum Gasteiger partial charge on any atom is 0.182 e. The number of hydrogen-bond donors (Lipinski definition) is 1. The van der Waals surface area contributed by atoms with E-state index in [-0.39, 0.29) is 6.10 Å². The standard InChI is InChI=1S/C12H16BrN5O/c1-8(2)19-6-5-18-12(15-16-17-18)9-3-4-10(13)11(14)7-9/h3-4,7-8H,5-6,14H2,1-2H3. The van der Waals surface area contributed by atoms with Crippen LogP contribution in [0.5, 0.6) is 0 Å². The molecule has 0 aliphatic carbocycles. The molecule has 7 heteroatoms. The monoisotopic (exact) mass is 325 g/mol. The fraction of sp³-hybridized carbons (Fsp3) is 0.417. The molecular formula is C12H16BrN5O. The SMILES string of the molecule is CC(C)OCCn1nnnc1-c1ccc(Br)c(N)c1. The minimum Gasteiger partial charge on any atom is -0.398 e. The van der Waals surface area contributed by atoms with Crippen molar-refractivity contribution in [1.29, 1.82) is 0 Å². The Labute approximate surface area is 120 Å². The Bertz CT molecular complexity index is 555. The fourth-order valence-corrected chi connectivity index (χ4v) is 1.87. The lowest BCUT2D eigenvalue weighted by Crippen LogP contribution is -2.12. The molecule has 0 spiro atoms. The van der Waals surface area contributed by atoms with Crippen molar-refractivity contribution in [1.82, 2.24) is 20.2 Å². The highest BCUT2D eigenvalue weighted by Crippen LogP contribution is 2.25. The first-order valence-electron chi connectivity index (χ1n) is 6.01. The summed E-state index contributed by atoms with van der Waals surface area (Å²) < 4.78 is 8.07. The zero-order valence-electron chi connectivity index (χ0n) is 10.9. The second-order valence-electron chi connectivity index (χ2n) is 4.38. The first kappa shape index (κ1) is 14.0. The Balaban J connectivity index is 2.16. The van der Waals surface area contributed by atoms with Gasteiger partial charge in [0, 0.05) is 15.7 Å². The molecule has 1 heterocycles. The second kappa shape index (κ2) is 6.12. The highest BCUT2D eigenvalue weighted by molar-refractivity contribution is 9.10. The number of tetrazole rings is 1. The van der Waals surface area contributed by atoms with Gasteiger partial charge in [-0.3, -0.25) is 0 Å². The van der Waals surface area contributed by atoms with E-state index in [9.17, 15) is 0 Å². The van der Waals surface area contributed by atoms with Gasteiger partial charge in [-0.15, -0.1) is 5.10 Å². The lowest BCUT2D eigenvalue weighted by Gasteiger charge is -2.08. The molecule has 0 bridgehead atoms. The molecule has 1 aromatic carbocycles. The number of benzene rings is 1. The van der Waals surface area contributed by atoms with Crippen molar-refractivity contribution in [2.75, 3.05) is 12.3 Å². The minimum absolute atomic E-state index is 0.197. The average molecular weight is 326 g/mol. The number of ether oxygens (including phenoxy) is 1. The van der Waals surface area contributed by atoms with E-state index in [4.69, 9.17) is 10.5 Å². The molecule has 0 fully saturated rings. The van der Waals surface area contributed by atoms with Gasteiger partial charge < -0.3 is 10.5 Å². The molecule has 0 unspecified atom stereocenters. The van der Waals surface area contributed by atoms with E-state index in [0.717, 1.165) is 10.0 Å². The Hall–Kier alpha value is -1.47. The van der Waals surface area contributed by atoms with Gasteiger partial charge in [-0.2, -0.15) is 0 Å². The first-order chi connectivity index (χ1) is 9.08. The van der Waals surface area contributed by atoms with Crippen LogP contribution in [0.15, 0.2) is 22.7 Å². The number of anilines is 1. The summed E-state index contributed by atoms with van der Waals surface area (Å²) >= 11 is 3.37. The lowest BCUT2D eigenvalue weighted by molar-refractivity contribution is 0.0709. The number of rotatable bonds is 5. The van der Waals surface area contributed by atoms with Crippen molar-refractivity contribution in [2.24, 2.45) is 0 Å². The molecule has 0 saturated carbocycles. The molecule has 2 N–H and O–H groups in total. The molecule has 2 aromatic rings. The van der Waals surface area contributed by atoms with E-state index in [1.54, 1.807) is 4.68 Å². The summed E-state index contributed by atoms with van der Waals surface area (Å²) in [6, 6.07) is 5.65. The van der Waals surface area contributed by atoms with Crippen LogP contribution < -0.4 is 5.73 Å². The topological polar surface area (TPSA) is 78.8 Å². The van der Waals surface area contributed by atoms with Gasteiger partial charge in [-0.25, -0.2) is 4.68 Å². The predicted octanol–water partition coefficient (Wildman–Crippen LogP) is 2.11. The highest BCUT2D eigenvalue weighted by atomic mass is 79.9. The summed E-state index contributed by atoms with van der Waals surface area (Å²) in [6.07, 6.45) is 0.197. The molecule has 6 nitrogen and oxygen atoms in total. The average Bonchev–Trinajstić information content (AvgIpc) is 2.80. The quantitative estimate of drug-likeness (QED) is 0.852. The van der Waals surface area contributed by atoms with Crippen LogP contribution in [0.2, 0.25) is 0 Å². The van der Waals surface area contributed by atoms with Crippen molar-refractivity contribution in [3.63, 3.8) is 0 Å². The summed E-state index contributed by atoms with van der Waals surface area (Å²) in [5.41, 5.74) is 7.41. The summed E-state index contributed by atoms with van der Waals surface area (Å²) in [4.78, 5) is 0. The van der Waals surface area contributed by atoms with E-state index in [2.05, 4.69) is 31.5 Å². The summed E-state index contributed by atoms with van der Waals surface area (Å²) in [5.74, 6) is 0.687. The van der Waals surface area contributed by atoms with E-state index >= 15 is 0 Å². The number of nitrogens with two attached hydrogens (primary N) is 1. The predicted molar refractivity (Wildman–Crippen MR) is 76.5 cm³/mol. The molecule has 0 atom stereocenters. The molecular weight excluding hydrogens is 310 g/mol. The number of aromatic nitrogens is 4. The van der Waals surface area contributed by atoms with E-state index < -0.39 is 0 Å². The van der Waals surface area contributed by atoms with Crippen LogP contribution >= 0.6 is 15.9 Å². The normalized spacial score (nSPS) is 11.2. The fourth-order valence-electron chi connectivity index (χ4n) is 1.62. The molecule has 2 rings (SSSR count). The van der Waals surface area contributed by atoms with Gasteiger partial charge in [0.2, 0.25) is 0 Å². The van der Waals surface area contributed by atoms with Gasteiger partial charge in [0.05, 0.1) is 19.3 Å². The van der Waals surface area contributed by atoms with Gasteiger partial charge in [-0.1, -0.05) is 0 Å². The van der Waals surface area contributed by atoms with Gasteiger partial charge >= 0.3 is 0 Å². The van der Waals surface area contributed by atoms with E-state index in [1.165, 1.54) is 0 Å². The van der Waals surface area contributed by atoms with Crippen molar-refractivity contribution >= 4 is 21.6 Å². The lowest BCUT2D eigenvalue weighted by atomic mass is 10.2. The maximum absolute atomic E-state index is 5.87. The van der Waals surface area contributed by atoms with Gasteiger partial charge in [-0.05, 0) is 58.4 Å². The zero-order valence-corrected chi connectivity index (χ0v) is 12.5. The van der Waals surface area contributed by atoms with Gasteiger partial charge in [0.1, 0.15) is 0 Å². The summed E-state index contributed by atoms with van der Waals surface area (Å²) in [7, 11) is 0. The Morgan fingerprint density at radius 3 is 2.89 bits per heavy atom. The number of nitrogen functional groups attached to an aromatic ring is 1. The Morgan fingerprint density at radius 1 is 1.42 bits per heavy atom. The minimum atomic E-state index is 0.197. The smallest absolute Gasteiger partial charge is 0.182 e. The van der Waals surface area contributed by atoms with Crippen molar-refractivity contribution in [3.8, 4) is 11.4 Å². The third kappa shape index (κ3) is 3.51. The Kier molecular flexibility index (Phi) is 4.49. The van der Waals surface area contributed by atoms with Crippen LogP contribution in [0.4, 0.5) is 5.69 Å². The third-order valence-corrected chi connectivity index (χ3v) is 3.26. The van der Waals surface area contributed by atoms with Crippen molar-refractivity contribution in [2.45, 2.75) is 26.5 Å². The van der Waals surface area contributed by atoms with Crippen LogP contribution in [0, 0.1) is 0 Å². The molecule has 19 heavy (non-hydrogen) atoms. The number of halogens is 1. The van der Waals surface area contributed by atoms with Crippen LogP contribution in [0.25, 0.3) is 11.4 Å². The van der Waals surface area contributed by atoms with E-state index in [1.807, 2.05) is 32.0 Å². The van der Waals surface area contributed by atoms with Crippen LogP contribution in [0.3, 0.4) is 0 Å². The zero-order chi connectivity index (χ0) is 13.8. The number of hydrogen-bond acceptors (Lipinski definition) is 5. The van der Waals surface area contributed by atoms with Crippen molar-refractivity contribution in [3.05, 3.63) is 22.7 Å². The Morgan fingerprint density at radius 2 is 2.21 bits per heavy atom. The third-order valence-electron chi connectivity index (χ3n) is 2.54. The second-order valence-corrected chi connectivity index (χ2v) is 5.24.